The van der Waals surface area contributed by atoms with E-state index >= 15 is 0 Å². The molecule has 4 rings (SSSR count). The molecule has 2 saturated heterocycles. The predicted octanol–water partition coefficient (Wildman–Crippen LogP) is 2.35. The first-order valence-corrected chi connectivity index (χ1v) is 11.3. The van der Waals surface area contributed by atoms with Crippen molar-refractivity contribution in [2.75, 3.05) is 23.3 Å². The van der Waals surface area contributed by atoms with Crippen molar-refractivity contribution in [1.29, 1.82) is 0 Å². The van der Waals surface area contributed by atoms with E-state index in [9.17, 15) is 24.9 Å². The van der Waals surface area contributed by atoms with E-state index in [1.807, 2.05) is 24.3 Å². The number of nitrogens with zero attached hydrogens (tertiary/aromatic N) is 3. The molecule has 10 nitrogen and oxygen atoms in total. The third kappa shape index (κ3) is 5.37. The van der Waals surface area contributed by atoms with Crippen LogP contribution in [0.2, 0.25) is 0 Å². The number of benzene rings is 2. The fraction of sp³-hybridized carbons (Fsp3) is 0.273. The lowest BCUT2D eigenvalue weighted by Gasteiger charge is -2.17. The highest BCUT2D eigenvalue weighted by Gasteiger charge is 2.32. The van der Waals surface area contributed by atoms with Gasteiger partial charge in [0.2, 0.25) is 17.6 Å². The summed E-state index contributed by atoms with van der Waals surface area (Å²) in [5.74, 6) is -2.29. The molecule has 5 N–H and O–H groups in total. The first-order valence-electron chi connectivity index (χ1n) is 10.4. The Kier molecular flexibility index (Phi) is 6.68. The van der Waals surface area contributed by atoms with Gasteiger partial charge >= 0.3 is 0 Å². The average Bonchev–Trinajstić information content (AvgIpc) is 3.45. The maximum Gasteiger partial charge on any atom is 0.240 e. The standard InChI is InChI=1S/C22H23N5O5S/c28-16-8-3-13(19(30)20(16)31)12-23-26-22-25-21(32)17(33-22)11-18(29)24-14-4-6-15(7-5-14)27-9-1-2-10-27/h3-8,12,17,28,30-31H,1-2,9-11H2,(H,24,29)(H,25,26,32)/b23-12+. The van der Waals surface area contributed by atoms with E-state index in [0.29, 0.717) is 5.69 Å². The van der Waals surface area contributed by atoms with E-state index < -0.39 is 22.5 Å². The van der Waals surface area contributed by atoms with E-state index in [1.54, 1.807) is 0 Å². The first-order chi connectivity index (χ1) is 15.9. The van der Waals surface area contributed by atoms with Gasteiger partial charge in [-0.05, 0) is 49.2 Å². The first kappa shape index (κ1) is 22.5. The largest absolute Gasteiger partial charge is 0.504 e. The molecule has 1 atom stereocenters. The maximum atomic E-state index is 12.4. The van der Waals surface area contributed by atoms with Crippen LogP contribution in [0.5, 0.6) is 17.2 Å². The zero-order valence-electron chi connectivity index (χ0n) is 17.6. The van der Waals surface area contributed by atoms with Crippen molar-refractivity contribution < 1.29 is 24.9 Å². The minimum Gasteiger partial charge on any atom is -0.504 e. The van der Waals surface area contributed by atoms with Gasteiger partial charge in [0.05, 0.1) is 6.21 Å². The molecular formula is C22H23N5O5S. The van der Waals surface area contributed by atoms with Crippen LogP contribution in [0.4, 0.5) is 11.4 Å². The minimum absolute atomic E-state index is 0.0280. The van der Waals surface area contributed by atoms with E-state index in [1.165, 1.54) is 31.2 Å². The van der Waals surface area contributed by atoms with E-state index in [2.05, 4.69) is 25.7 Å². The third-order valence-electron chi connectivity index (χ3n) is 5.28. The maximum absolute atomic E-state index is 12.4. The van der Waals surface area contributed by atoms with Crippen LogP contribution < -0.4 is 15.5 Å². The number of anilines is 2. The summed E-state index contributed by atoms with van der Waals surface area (Å²) in [5.41, 5.74) is 1.94. The SMILES string of the molecule is O=C(CC1S/C(=N/N=C/c2ccc(O)c(O)c2O)NC1=O)Nc1ccc(N2CCCC2)cc1. The quantitative estimate of drug-likeness (QED) is 0.248. The van der Waals surface area contributed by atoms with Gasteiger partial charge in [0.15, 0.2) is 16.7 Å². The number of phenolic OH excluding ortho intramolecular Hbond substituents is 3. The molecule has 11 heteroatoms. The average molecular weight is 470 g/mol. The van der Waals surface area contributed by atoms with Crippen LogP contribution in [-0.4, -0.2) is 56.9 Å². The molecule has 2 amide bonds. The van der Waals surface area contributed by atoms with E-state index in [4.69, 9.17) is 0 Å². The Morgan fingerprint density at radius 2 is 1.85 bits per heavy atom. The number of amides is 2. The molecule has 1 unspecified atom stereocenters. The van der Waals surface area contributed by atoms with Crippen LogP contribution >= 0.6 is 11.8 Å². The molecule has 0 spiro atoms. The summed E-state index contributed by atoms with van der Waals surface area (Å²) in [6.45, 7) is 2.10. The van der Waals surface area contributed by atoms with Gasteiger partial charge in [-0.15, -0.1) is 5.10 Å². The second kappa shape index (κ2) is 9.82. The lowest BCUT2D eigenvalue weighted by Crippen LogP contribution is -2.28. The molecule has 33 heavy (non-hydrogen) atoms. The van der Waals surface area contributed by atoms with Crippen molar-refractivity contribution in [1.82, 2.24) is 5.32 Å². The minimum atomic E-state index is -0.660. The summed E-state index contributed by atoms with van der Waals surface area (Å²) in [6, 6.07) is 10.2. The molecule has 0 aliphatic carbocycles. The summed E-state index contributed by atoms with van der Waals surface area (Å²) in [6.07, 6.45) is 3.53. The number of amidine groups is 1. The Bertz CT molecular complexity index is 1110. The molecule has 0 aromatic heterocycles. The van der Waals surface area contributed by atoms with Gasteiger partial charge in [-0.3, -0.25) is 9.59 Å². The highest BCUT2D eigenvalue weighted by atomic mass is 32.2. The van der Waals surface area contributed by atoms with Crippen molar-refractivity contribution in [3.05, 3.63) is 42.0 Å². The summed E-state index contributed by atoms with van der Waals surface area (Å²) in [5, 5.41) is 41.2. The fourth-order valence-electron chi connectivity index (χ4n) is 3.53. The van der Waals surface area contributed by atoms with Crippen LogP contribution in [0.1, 0.15) is 24.8 Å². The molecule has 172 valence electrons. The number of carbonyl (C=O) groups excluding carboxylic acids is 2. The fourth-order valence-corrected chi connectivity index (χ4v) is 4.45. The smallest absolute Gasteiger partial charge is 0.240 e. The summed E-state index contributed by atoms with van der Waals surface area (Å²) >= 11 is 1.08. The molecule has 2 aliphatic rings. The highest BCUT2D eigenvalue weighted by molar-refractivity contribution is 8.15. The number of rotatable bonds is 6. The third-order valence-corrected chi connectivity index (χ3v) is 6.35. The number of thioether (sulfide) groups is 1. The van der Waals surface area contributed by atoms with Crippen LogP contribution in [0.15, 0.2) is 46.6 Å². The molecule has 0 bridgehead atoms. The number of hydrogen-bond acceptors (Lipinski definition) is 9. The number of hydrogen-bond donors (Lipinski definition) is 5. The molecule has 2 heterocycles. The van der Waals surface area contributed by atoms with E-state index in [-0.39, 0.29) is 29.0 Å². The predicted molar refractivity (Wildman–Crippen MR) is 127 cm³/mol. The van der Waals surface area contributed by atoms with Crippen molar-refractivity contribution in [3.63, 3.8) is 0 Å². The molecule has 2 aromatic carbocycles. The normalized spacial score (nSPS) is 19.4. The molecule has 2 aromatic rings. The zero-order valence-corrected chi connectivity index (χ0v) is 18.4. The highest BCUT2D eigenvalue weighted by Crippen LogP contribution is 2.36. The Morgan fingerprint density at radius 1 is 1.12 bits per heavy atom. The van der Waals surface area contributed by atoms with E-state index in [0.717, 1.165) is 30.5 Å². The molecule has 2 fully saturated rings. The van der Waals surface area contributed by atoms with Crippen molar-refractivity contribution in [2.24, 2.45) is 10.2 Å². The Hall–Kier alpha value is -3.73. The number of nitrogens with one attached hydrogen (secondary N) is 2. The van der Waals surface area contributed by atoms with Crippen molar-refractivity contribution in [3.8, 4) is 17.2 Å². The second-order valence-electron chi connectivity index (χ2n) is 7.61. The number of carbonyl (C=O) groups is 2. The van der Waals surface area contributed by atoms with Crippen LogP contribution in [0.25, 0.3) is 0 Å². The number of phenols is 3. The van der Waals surface area contributed by atoms with Gasteiger partial charge in [0, 0.05) is 36.4 Å². The summed E-state index contributed by atoms with van der Waals surface area (Å²) < 4.78 is 0. The summed E-state index contributed by atoms with van der Waals surface area (Å²) in [7, 11) is 0. The zero-order chi connectivity index (χ0) is 23.4. The number of aromatic hydroxyl groups is 3. The Labute approximate surface area is 194 Å². The van der Waals surface area contributed by atoms with Gasteiger partial charge in [-0.25, -0.2) is 0 Å². The van der Waals surface area contributed by atoms with Gasteiger partial charge in [-0.2, -0.15) is 5.10 Å². The Balaban J connectivity index is 1.31. The van der Waals surface area contributed by atoms with Gasteiger partial charge in [-0.1, -0.05) is 11.8 Å². The molecule has 0 saturated carbocycles. The second-order valence-corrected chi connectivity index (χ2v) is 8.80. The summed E-state index contributed by atoms with van der Waals surface area (Å²) in [4.78, 5) is 26.9. The van der Waals surface area contributed by atoms with Gasteiger partial charge in [0.25, 0.3) is 0 Å². The molecule has 2 aliphatic heterocycles. The topological polar surface area (TPSA) is 147 Å². The van der Waals surface area contributed by atoms with Crippen molar-refractivity contribution >= 4 is 46.3 Å². The monoisotopic (exact) mass is 469 g/mol. The van der Waals surface area contributed by atoms with Gasteiger partial charge < -0.3 is 30.9 Å². The van der Waals surface area contributed by atoms with Gasteiger partial charge in [0.1, 0.15) is 5.25 Å². The lowest BCUT2D eigenvalue weighted by atomic mass is 10.2. The van der Waals surface area contributed by atoms with Crippen LogP contribution in [0, 0.1) is 0 Å². The van der Waals surface area contributed by atoms with Crippen LogP contribution in [0.3, 0.4) is 0 Å². The Morgan fingerprint density at radius 3 is 2.58 bits per heavy atom. The lowest BCUT2D eigenvalue weighted by molar-refractivity contribution is -0.122. The molecular weight excluding hydrogens is 446 g/mol. The van der Waals surface area contributed by atoms with Crippen LogP contribution in [-0.2, 0) is 9.59 Å². The molecule has 0 radical (unpaired) electrons. The van der Waals surface area contributed by atoms with Crippen molar-refractivity contribution in [2.45, 2.75) is 24.5 Å².